The average Bonchev–Trinajstić information content (AvgIpc) is 2.50. The summed E-state index contributed by atoms with van der Waals surface area (Å²) < 4.78 is 18.8. The minimum Gasteiger partial charge on any atom is -0.497 e. The maximum Gasteiger partial charge on any atom is 0.129 e. The summed E-state index contributed by atoms with van der Waals surface area (Å²) in [7, 11) is 1.66. The minimum atomic E-state index is -0.109. The molecular formula is C18H22FNO. The molecule has 0 aliphatic rings. The van der Waals surface area contributed by atoms with E-state index in [4.69, 9.17) is 4.74 Å². The van der Waals surface area contributed by atoms with Gasteiger partial charge in [0.15, 0.2) is 0 Å². The van der Waals surface area contributed by atoms with Crippen molar-refractivity contribution in [1.29, 1.82) is 0 Å². The zero-order valence-electron chi connectivity index (χ0n) is 13.0. The van der Waals surface area contributed by atoms with E-state index in [1.807, 2.05) is 24.3 Å². The number of benzene rings is 2. The van der Waals surface area contributed by atoms with Crippen LogP contribution in [0.3, 0.4) is 0 Å². The molecule has 0 radical (unpaired) electrons. The van der Waals surface area contributed by atoms with Gasteiger partial charge in [0, 0.05) is 12.6 Å². The Bertz CT molecular complexity index is 584. The number of hydrogen-bond donors (Lipinski definition) is 1. The van der Waals surface area contributed by atoms with E-state index in [2.05, 4.69) is 24.4 Å². The third-order valence-electron chi connectivity index (χ3n) is 3.72. The molecule has 2 rings (SSSR count). The smallest absolute Gasteiger partial charge is 0.129 e. The Balaban J connectivity index is 2.01. The van der Waals surface area contributed by atoms with Crippen LogP contribution >= 0.6 is 0 Å². The van der Waals surface area contributed by atoms with E-state index in [1.54, 1.807) is 21.0 Å². The van der Waals surface area contributed by atoms with E-state index in [0.717, 1.165) is 17.9 Å². The lowest BCUT2D eigenvalue weighted by atomic mass is 10.0. The lowest BCUT2D eigenvalue weighted by molar-refractivity contribution is 0.414. The van der Waals surface area contributed by atoms with Gasteiger partial charge in [-0.1, -0.05) is 24.3 Å². The molecule has 0 spiro atoms. The van der Waals surface area contributed by atoms with E-state index >= 15 is 0 Å². The van der Waals surface area contributed by atoms with Crippen molar-refractivity contribution in [3.8, 4) is 5.75 Å². The highest BCUT2D eigenvalue weighted by atomic mass is 19.1. The number of rotatable bonds is 5. The minimum absolute atomic E-state index is 0.109. The van der Waals surface area contributed by atoms with Crippen LogP contribution in [0.15, 0.2) is 36.4 Å². The van der Waals surface area contributed by atoms with Crippen LogP contribution in [0.25, 0.3) is 0 Å². The predicted octanol–water partition coefficient (Wildman–Crippen LogP) is 4.30. The van der Waals surface area contributed by atoms with Crippen molar-refractivity contribution in [1.82, 2.24) is 5.32 Å². The SMILES string of the molecule is COc1ccc(C(C)NCc2cc(C)c(F)c(C)c2)cc1. The summed E-state index contributed by atoms with van der Waals surface area (Å²) in [6.07, 6.45) is 0. The number of aryl methyl sites for hydroxylation is 2. The molecule has 2 aromatic rings. The predicted molar refractivity (Wildman–Crippen MR) is 84.1 cm³/mol. The van der Waals surface area contributed by atoms with Gasteiger partial charge in [0.2, 0.25) is 0 Å². The lowest BCUT2D eigenvalue weighted by Gasteiger charge is -2.15. The molecular weight excluding hydrogens is 265 g/mol. The summed E-state index contributed by atoms with van der Waals surface area (Å²) in [6, 6.07) is 12.0. The molecule has 112 valence electrons. The topological polar surface area (TPSA) is 21.3 Å². The van der Waals surface area contributed by atoms with Crippen LogP contribution in [0.4, 0.5) is 4.39 Å². The summed E-state index contributed by atoms with van der Waals surface area (Å²) in [5.41, 5.74) is 3.70. The van der Waals surface area contributed by atoms with Crippen LogP contribution in [0.5, 0.6) is 5.75 Å². The molecule has 0 aromatic heterocycles. The molecule has 0 aliphatic carbocycles. The van der Waals surface area contributed by atoms with Crippen LogP contribution < -0.4 is 10.1 Å². The Morgan fingerprint density at radius 3 is 2.19 bits per heavy atom. The third-order valence-corrected chi connectivity index (χ3v) is 3.72. The van der Waals surface area contributed by atoms with Crippen molar-refractivity contribution in [3.05, 3.63) is 64.5 Å². The van der Waals surface area contributed by atoms with Crippen molar-refractivity contribution < 1.29 is 9.13 Å². The highest BCUT2D eigenvalue weighted by Gasteiger charge is 2.07. The highest BCUT2D eigenvalue weighted by Crippen LogP contribution is 2.19. The normalized spacial score (nSPS) is 12.2. The van der Waals surface area contributed by atoms with Crippen LogP contribution in [0.2, 0.25) is 0 Å². The van der Waals surface area contributed by atoms with Gasteiger partial charge in [0.05, 0.1) is 7.11 Å². The molecule has 2 nitrogen and oxygen atoms in total. The standard InChI is InChI=1S/C18H22FNO/c1-12-9-15(10-13(2)18(12)19)11-20-14(3)16-5-7-17(21-4)8-6-16/h5-10,14,20H,11H2,1-4H3. The second-order valence-corrected chi connectivity index (χ2v) is 5.42. The Labute approximate surface area is 126 Å². The molecule has 0 heterocycles. The summed E-state index contributed by atoms with van der Waals surface area (Å²) in [6.45, 7) is 6.44. The number of hydrogen-bond acceptors (Lipinski definition) is 2. The van der Waals surface area contributed by atoms with Gasteiger partial charge >= 0.3 is 0 Å². The molecule has 21 heavy (non-hydrogen) atoms. The Morgan fingerprint density at radius 2 is 1.67 bits per heavy atom. The molecule has 0 fully saturated rings. The van der Waals surface area contributed by atoms with Crippen molar-refractivity contribution >= 4 is 0 Å². The highest BCUT2D eigenvalue weighted by molar-refractivity contribution is 5.31. The third kappa shape index (κ3) is 3.82. The van der Waals surface area contributed by atoms with E-state index < -0.39 is 0 Å². The second kappa shape index (κ2) is 6.72. The van der Waals surface area contributed by atoms with E-state index in [1.165, 1.54) is 5.56 Å². The zero-order valence-corrected chi connectivity index (χ0v) is 13.0. The maximum absolute atomic E-state index is 13.6. The molecule has 1 N–H and O–H groups in total. The van der Waals surface area contributed by atoms with Crippen molar-refractivity contribution in [2.24, 2.45) is 0 Å². The van der Waals surface area contributed by atoms with Gasteiger partial charge in [-0.2, -0.15) is 0 Å². The summed E-state index contributed by atoms with van der Waals surface area (Å²) in [5, 5.41) is 3.46. The fourth-order valence-corrected chi connectivity index (χ4v) is 2.42. The first-order chi connectivity index (χ1) is 10.0. The number of methoxy groups -OCH3 is 1. The molecule has 0 amide bonds. The van der Waals surface area contributed by atoms with Gasteiger partial charge in [-0.3, -0.25) is 0 Å². The van der Waals surface area contributed by atoms with Gasteiger partial charge < -0.3 is 10.1 Å². The molecule has 1 atom stereocenters. The fraction of sp³-hybridized carbons (Fsp3) is 0.333. The molecule has 0 saturated carbocycles. The number of ether oxygens (including phenoxy) is 1. The average molecular weight is 287 g/mol. The first-order valence-corrected chi connectivity index (χ1v) is 7.14. The van der Waals surface area contributed by atoms with Crippen molar-refractivity contribution in [2.45, 2.75) is 33.4 Å². The second-order valence-electron chi connectivity index (χ2n) is 5.42. The van der Waals surface area contributed by atoms with Gasteiger partial charge in [-0.05, 0) is 55.2 Å². The molecule has 0 bridgehead atoms. The summed E-state index contributed by atoms with van der Waals surface area (Å²) >= 11 is 0. The molecule has 0 saturated heterocycles. The number of halogens is 1. The molecule has 0 aliphatic heterocycles. The first-order valence-electron chi connectivity index (χ1n) is 7.14. The Morgan fingerprint density at radius 1 is 1.10 bits per heavy atom. The summed E-state index contributed by atoms with van der Waals surface area (Å²) in [5.74, 6) is 0.748. The largest absolute Gasteiger partial charge is 0.497 e. The van der Waals surface area contributed by atoms with Gasteiger partial charge in [-0.15, -0.1) is 0 Å². The molecule has 1 unspecified atom stereocenters. The van der Waals surface area contributed by atoms with Crippen LogP contribution in [-0.2, 0) is 6.54 Å². The van der Waals surface area contributed by atoms with Crippen LogP contribution in [-0.4, -0.2) is 7.11 Å². The van der Waals surface area contributed by atoms with Gasteiger partial charge in [-0.25, -0.2) is 4.39 Å². The van der Waals surface area contributed by atoms with E-state index in [9.17, 15) is 4.39 Å². The van der Waals surface area contributed by atoms with Crippen LogP contribution in [0, 0.1) is 19.7 Å². The summed E-state index contributed by atoms with van der Waals surface area (Å²) in [4.78, 5) is 0. The number of nitrogens with one attached hydrogen (secondary N) is 1. The van der Waals surface area contributed by atoms with Crippen molar-refractivity contribution in [2.75, 3.05) is 7.11 Å². The quantitative estimate of drug-likeness (QED) is 0.885. The van der Waals surface area contributed by atoms with Gasteiger partial charge in [0.1, 0.15) is 11.6 Å². The van der Waals surface area contributed by atoms with Crippen molar-refractivity contribution in [3.63, 3.8) is 0 Å². The molecule has 2 aromatic carbocycles. The van der Waals surface area contributed by atoms with E-state index in [0.29, 0.717) is 11.1 Å². The van der Waals surface area contributed by atoms with E-state index in [-0.39, 0.29) is 11.9 Å². The van der Waals surface area contributed by atoms with Gasteiger partial charge in [0.25, 0.3) is 0 Å². The maximum atomic E-state index is 13.6. The zero-order chi connectivity index (χ0) is 15.4. The lowest BCUT2D eigenvalue weighted by Crippen LogP contribution is -2.18. The monoisotopic (exact) mass is 287 g/mol. The first kappa shape index (κ1) is 15.5. The van der Waals surface area contributed by atoms with Crippen LogP contribution in [0.1, 0.15) is 35.2 Å². The Kier molecular flexibility index (Phi) is 4.97. The Hall–Kier alpha value is -1.87. The fourth-order valence-electron chi connectivity index (χ4n) is 2.42. The molecule has 3 heteroatoms.